The Morgan fingerprint density at radius 3 is 2.53 bits per heavy atom. The molecule has 12 heteroatoms. The van der Waals surface area contributed by atoms with Gasteiger partial charge in [-0.05, 0) is 31.5 Å². The van der Waals surface area contributed by atoms with Gasteiger partial charge in [0.2, 0.25) is 15.9 Å². The van der Waals surface area contributed by atoms with Crippen LogP contribution in [0, 0.1) is 0 Å². The molecule has 2 aliphatic heterocycles. The number of aromatic nitrogens is 2. The van der Waals surface area contributed by atoms with Crippen molar-refractivity contribution in [1.82, 2.24) is 18.8 Å². The van der Waals surface area contributed by atoms with E-state index in [2.05, 4.69) is 4.57 Å². The Morgan fingerprint density at radius 1 is 1.12 bits per heavy atom. The van der Waals surface area contributed by atoms with Gasteiger partial charge in [-0.2, -0.15) is 4.31 Å². The van der Waals surface area contributed by atoms with Crippen LogP contribution in [0.2, 0.25) is 0 Å². The third kappa shape index (κ3) is 5.92. The van der Waals surface area contributed by atoms with Crippen molar-refractivity contribution < 1.29 is 27.4 Å². The number of carbonyl (C=O) groups excluding carboxylic acids is 1. The van der Waals surface area contributed by atoms with Crippen LogP contribution in [0.1, 0.15) is 13.3 Å². The van der Waals surface area contributed by atoms with Gasteiger partial charge < -0.3 is 23.7 Å². The maximum Gasteiger partial charge on any atom is 0.243 e. The summed E-state index contributed by atoms with van der Waals surface area (Å²) in [5.74, 6) is 0.324. The molecule has 1 aromatic heterocycles. The number of sulfonamides is 1. The van der Waals surface area contributed by atoms with Gasteiger partial charge in [0.15, 0.2) is 5.16 Å². The molecule has 0 radical (unpaired) electrons. The highest BCUT2D eigenvalue weighted by Crippen LogP contribution is 2.28. The summed E-state index contributed by atoms with van der Waals surface area (Å²) in [6.45, 7) is 7.72. The van der Waals surface area contributed by atoms with Crippen LogP contribution < -0.4 is 0 Å². The average Bonchev–Trinajstić information content (AvgIpc) is 3.22. The van der Waals surface area contributed by atoms with Crippen molar-refractivity contribution in [1.29, 1.82) is 0 Å². The largest absolute Gasteiger partial charge is 0.382 e. The minimum atomic E-state index is -3.62. The smallest absolute Gasteiger partial charge is 0.243 e. The van der Waals surface area contributed by atoms with Crippen LogP contribution in [-0.4, -0.2) is 105 Å². The highest BCUT2D eigenvalue weighted by molar-refractivity contribution is 7.99. The summed E-state index contributed by atoms with van der Waals surface area (Å²) in [4.78, 5) is 19.4. The van der Waals surface area contributed by atoms with Gasteiger partial charge >= 0.3 is 0 Å². The number of ether oxygens (including phenoxy) is 3. The lowest BCUT2D eigenvalue weighted by molar-refractivity contribution is -0.132. The summed E-state index contributed by atoms with van der Waals surface area (Å²) < 4.78 is 45.8. The van der Waals surface area contributed by atoms with Crippen LogP contribution in [0.3, 0.4) is 0 Å². The number of carbonyl (C=O) groups is 1. The second-order valence-electron chi connectivity index (χ2n) is 8.05. The van der Waals surface area contributed by atoms with E-state index in [4.69, 9.17) is 19.2 Å². The van der Waals surface area contributed by atoms with Crippen LogP contribution in [0.5, 0.6) is 0 Å². The lowest BCUT2D eigenvalue weighted by Crippen LogP contribution is -2.41. The maximum atomic E-state index is 13.1. The molecule has 1 aromatic carbocycles. The summed E-state index contributed by atoms with van der Waals surface area (Å²) in [5, 5.41) is 0.703. The monoisotopic (exact) mass is 512 g/mol. The number of imidazole rings is 1. The highest BCUT2D eigenvalue weighted by Gasteiger charge is 2.27. The molecule has 1 amide bonds. The summed E-state index contributed by atoms with van der Waals surface area (Å²) >= 11 is 1.38. The van der Waals surface area contributed by atoms with E-state index in [-0.39, 0.29) is 16.6 Å². The molecule has 0 atom stereocenters. The molecule has 2 aliphatic rings. The fourth-order valence-corrected chi connectivity index (χ4v) is 6.38. The second kappa shape index (κ2) is 11.8. The molecule has 0 aliphatic carbocycles. The van der Waals surface area contributed by atoms with E-state index in [1.807, 2.05) is 17.9 Å². The van der Waals surface area contributed by atoms with Gasteiger partial charge in [-0.3, -0.25) is 4.79 Å². The average molecular weight is 513 g/mol. The van der Waals surface area contributed by atoms with Gasteiger partial charge in [-0.1, -0.05) is 11.8 Å². The first-order valence-corrected chi connectivity index (χ1v) is 14.1. The molecule has 0 N–H and O–H groups in total. The molecule has 188 valence electrons. The fraction of sp³-hybridized carbons (Fsp3) is 0.636. The highest BCUT2D eigenvalue weighted by atomic mass is 32.2. The van der Waals surface area contributed by atoms with E-state index in [9.17, 15) is 13.2 Å². The maximum absolute atomic E-state index is 13.1. The van der Waals surface area contributed by atoms with Crippen molar-refractivity contribution in [2.24, 2.45) is 0 Å². The molecular formula is C22H32N4O6S2. The van der Waals surface area contributed by atoms with E-state index in [1.165, 1.54) is 16.1 Å². The second-order valence-corrected chi connectivity index (χ2v) is 10.9. The Balaban J connectivity index is 1.56. The van der Waals surface area contributed by atoms with E-state index in [0.29, 0.717) is 83.0 Å². The zero-order valence-electron chi connectivity index (χ0n) is 19.5. The first-order chi connectivity index (χ1) is 16.5. The molecule has 2 saturated heterocycles. The fourth-order valence-electron chi connectivity index (χ4n) is 4.01. The van der Waals surface area contributed by atoms with Crippen molar-refractivity contribution in [3.05, 3.63) is 18.2 Å². The number of nitrogens with zero attached hydrogens (tertiary/aromatic N) is 4. The van der Waals surface area contributed by atoms with E-state index in [0.717, 1.165) is 11.9 Å². The molecule has 0 spiro atoms. The summed E-state index contributed by atoms with van der Waals surface area (Å²) in [5.41, 5.74) is 1.45. The number of amides is 1. The van der Waals surface area contributed by atoms with E-state index < -0.39 is 10.0 Å². The van der Waals surface area contributed by atoms with Crippen molar-refractivity contribution >= 4 is 38.7 Å². The Hall–Kier alpha value is -1.70. The van der Waals surface area contributed by atoms with Gasteiger partial charge in [-0.25, -0.2) is 13.4 Å². The summed E-state index contributed by atoms with van der Waals surface area (Å²) in [7, 11) is -3.62. The Kier molecular flexibility index (Phi) is 8.83. The van der Waals surface area contributed by atoms with Crippen molar-refractivity contribution in [3.63, 3.8) is 0 Å². The van der Waals surface area contributed by atoms with E-state index in [1.54, 1.807) is 12.1 Å². The van der Waals surface area contributed by atoms with Crippen LogP contribution in [0.15, 0.2) is 28.3 Å². The lowest BCUT2D eigenvalue weighted by atomic mass is 10.3. The number of rotatable bonds is 10. The van der Waals surface area contributed by atoms with Gasteiger partial charge in [0.25, 0.3) is 0 Å². The van der Waals surface area contributed by atoms with Gasteiger partial charge in [0, 0.05) is 45.9 Å². The topological polar surface area (TPSA) is 103 Å². The Morgan fingerprint density at radius 2 is 1.82 bits per heavy atom. The van der Waals surface area contributed by atoms with Crippen molar-refractivity contribution in [2.45, 2.75) is 29.9 Å². The lowest BCUT2D eigenvalue weighted by Gasteiger charge is -2.26. The number of fused-ring (bicyclic) bond motifs is 1. The summed E-state index contributed by atoms with van der Waals surface area (Å²) in [6, 6.07) is 5.08. The Labute approximate surface area is 204 Å². The SMILES string of the molecule is CCOCCCn1c(SCC(=O)N2CCOCC2)nc2cc(S(=O)(=O)N3CCOCC3)ccc21. The molecule has 2 aromatic rings. The number of hydrogen-bond acceptors (Lipinski definition) is 8. The molecular weight excluding hydrogens is 480 g/mol. The number of aryl methyl sites for hydroxylation is 1. The Bertz CT molecular complexity index is 1080. The van der Waals surface area contributed by atoms with Gasteiger partial charge in [0.05, 0.1) is 48.1 Å². The van der Waals surface area contributed by atoms with Crippen molar-refractivity contribution in [2.75, 3.05) is 71.6 Å². The first kappa shape index (κ1) is 25.4. The van der Waals surface area contributed by atoms with Gasteiger partial charge in [0.1, 0.15) is 0 Å². The van der Waals surface area contributed by atoms with E-state index >= 15 is 0 Å². The quantitative estimate of drug-likeness (QED) is 0.348. The standard InChI is InChI=1S/C22H32N4O6S2/c1-2-30-11-3-6-26-20-5-4-18(34(28,29)25-9-14-32-15-10-25)16-19(20)23-22(26)33-17-21(27)24-7-12-31-13-8-24/h4-5,16H,2-3,6-15,17H2,1H3. The number of benzene rings is 1. The number of thioether (sulfide) groups is 1. The molecule has 0 bridgehead atoms. The molecule has 3 heterocycles. The van der Waals surface area contributed by atoms with Crippen LogP contribution >= 0.6 is 11.8 Å². The first-order valence-electron chi connectivity index (χ1n) is 11.6. The molecule has 0 unspecified atom stereocenters. The minimum absolute atomic E-state index is 0.0526. The number of hydrogen-bond donors (Lipinski definition) is 0. The third-order valence-corrected chi connectivity index (χ3v) is 8.71. The molecule has 34 heavy (non-hydrogen) atoms. The molecule has 0 saturated carbocycles. The molecule has 4 rings (SSSR count). The molecule has 10 nitrogen and oxygen atoms in total. The predicted octanol–water partition coefficient (Wildman–Crippen LogP) is 1.43. The molecule has 2 fully saturated rings. The zero-order valence-corrected chi connectivity index (χ0v) is 21.1. The van der Waals surface area contributed by atoms with Crippen molar-refractivity contribution in [3.8, 4) is 0 Å². The summed E-state index contributed by atoms with van der Waals surface area (Å²) in [6.07, 6.45) is 0.790. The van der Waals surface area contributed by atoms with Gasteiger partial charge in [-0.15, -0.1) is 0 Å². The number of morpholine rings is 2. The normalized spacial score (nSPS) is 18.0. The minimum Gasteiger partial charge on any atom is -0.382 e. The van der Waals surface area contributed by atoms with Crippen LogP contribution in [0.4, 0.5) is 0 Å². The third-order valence-electron chi connectivity index (χ3n) is 5.86. The zero-order chi connectivity index (χ0) is 24.0. The predicted molar refractivity (Wildman–Crippen MR) is 129 cm³/mol. The van der Waals surface area contributed by atoms with Crippen LogP contribution in [-0.2, 0) is 35.6 Å². The van der Waals surface area contributed by atoms with Crippen LogP contribution in [0.25, 0.3) is 11.0 Å².